The molecule has 1 aromatic rings. The Kier molecular flexibility index (Phi) is 5.61. The summed E-state index contributed by atoms with van der Waals surface area (Å²) in [6.07, 6.45) is 1.46. The standard InChI is InChI=1S/C14H19ClN2O3S/c1-9(21(19)11-4-6-20-7-5-11)14(18)17-13-3-2-10(16)8-12(13)15/h2-3,8-9,11H,4-7,16H2,1H3,(H,17,18). The number of nitrogens with one attached hydrogen (secondary N) is 1. The number of nitrogen functional groups attached to an aromatic ring is 1. The van der Waals surface area contributed by atoms with Gasteiger partial charge in [-0.2, -0.15) is 0 Å². The summed E-state index contributed by atoms with van der Waals surface area (Å²) >= 11 is 6.02. The molecule has 2 atom stereocenters. The summed E-state index contributed by atoms with van der Waals surface area (Å²) in [6.45, 7) is 2.88. The molecule has 2 unspecified atom stereocenters. The van der Waals surface area contributed by atoms with Crippen molar-refractivity contribution < 1.29 is 13.7 Å². The molecule has 5 nitrogen and oxygen atoms in total. The number of nitrogens with two attached hydrogens (primary N) is 1. The van der Waals surface area contributed by atoms with Gasteiger partial charge in [-0.25, -0.2) is 0 Å². The first-order chi connectivity index (χ1) is 9.99. The number of halogens is 1. The topological polar surface area (TPSA) is 81.4 Å². The molecule has 0 bridgehead atoms. The van der Waals surface area contributed by atoms with Gasteiger partial charge in [0, 0.05) is 35.0 Å². The average Bonchev–Trinajstić information content (AvgIpc) is 2.49. The molecule has 1 aliphatic rings. The Morgan fingerprint density at radius 2 is 2.14 bits per heavy atom. The fourth-order valence-corrected chi connectivity index (χ4v) is 3.91. The zero-order chi connectivity index (χ0) is 15.4. The lowest BCUT2D eigenvalue weighted by atomic mass is 10.2. The third kappa shape index (κ3) is 4.18. The highest BCUT2D eigenvalue weighted by Crippen LogP contribution is 2.25. The zero-order valence-corrected chi connectivity index (χ0v) is 13.4. The maximum absolute atomic E-state index is 12.4. The predicted octanol–water partition coefficient (Wildman–Crippen LogP) is 2.18. The minimum absolute atomic E-state index is 0.0152. The molecule has 1 aromatic carbocycles. The Morgan fingerprint density at radius 3 is 2.76 bits per heavy atom. The lowest BCUT2D eigenvalue weighted by molar-refractivity contribution is -0.115. The summed E-state index contributed by atoms with van der Waals surface area (Å²) in [6, 6.07) is 4.86. The molecule has 116 valence electrons. The van der Waals surface area contributed by atoms with Crippen LogP contribution in [0, 0.1) is 0 Å². The van der Waals surface area contributed by atoms with E-state index in [2.05, 4.69) is 5.32 Å². The second-order valence-electron chi connectivity index (χ2n) is 5.01. The first kappa shape index (κ1) is 16.3. The van der Waals surface area contributed by atoms with Crippen molar-refractivity contribution in [3.8, 4) is 0 Å². The molecule has 1 aliphatic heterocycles. The number of amides is 1. The minimum Gasteiger partial charge on any atom is -0.399 e. The quantitative estimate of drug-likeness (QED) is 0.829. The molecule has 1 heterocycles. The minimum atomic E-state index is -1.23. The van der Waals surface area contributed by atoms with E-state index in [1.54, 1.807) is 25.1 Å². The van der Waals surface area contributed by atoms with Gasteiger partial charge in [0.25, 0.3) is 0 Å². The lowest BCUT2D eigenvalue weighted by Crippen LogP contribution is -2.37. The van der Waals surface area contributed by atoms with Crippen molar-refractivity contribution in [3.63, 3.8) is 0 Å². The van der Waals surface area contributed by atoms with Crippen LogP contribution < -0.4 is 11.1 Å². The highest BCUT2D eigenvalue weighted by molar-refractivity contribution is 7.87. The normalized spacial score (nSPS) is 19.0. The Morgan fingerprint density at radius 1 is 1.48 bits per heavy atom. The summed E-state index contributed by atoms with van der Waals surface area (Å²) < 4.78 is 17.7. The van der Waals surface area contributed by atoms with Crippen molar-refractivity contribution >= 4 is 39.7 Å². The molecule has 21 heavy (non-hydrogen) atoms. The van der Waals surface area contributed by atoms with E-state index in [0.29, 0.717) is 29.6 Å². The molecule has 2 rings (SSSR count). The molecule has 1 fully saturated rings. The van der Waals surface area contributed by atoms with E-state index in [4.69, 9.17) is 22.1 Å². The van der Waals surface area contributed by atoms with Gasteiger partial charge in [0.05, 0.1) is 10.7 Å². The van der Waals surface area contributed by atoms with Crippen LogP contribution >= 0.6 is 11.6 Å². The first-order valence-corrected chi connectivity index (χ1v) is 8.47. The monoisotopic (exact) mass is 330 g/mol. The highest BCUT2D eigenvalue weighted by Gasteiger charge is 2.29. The van der Waals surface area contributed by atoms with Crippen LogP contribution in [0.1, 0.15) is 19.8 Å². The molecule has 0 saturated carbocycles. The molecular weight excluding hydrogens is 312 g/mol. The van der Waals surface area contributed by atoms with Crippen LogP contribution in [0.5, 0.6) is 0 Å². The summed E-state index contributed by atoms with van der Waals surface area (Å²) in [5.41, 5.74) is 6.61. The maximum Gasteiger partial charge on any atom is 0.239 e. The molecule has 0 aromatic heterocycles. The Bertz CT molecular complexity index is 547. The van der Waals surface area contributed by atoms with Crippen LogP contribution in [0.2, 0.25) is 5.02 Å². The number of anilines is 2. The largest absolute Gasteiger partial charge is 0.399 e. The van der Waals surface area contributed by atoms with Crippen molar-refractivity contribution in [3.05, 3.63) is 23.2 Å². The Balaban J connectivity index is 2.00. The van der Waals surface area contributed by atoms with E-state index in [1.807, 2.05) is 0 Å². The van der Waals surface area contributed by atoms with E-state index in [-0.39, 0.29) is 11.2 Å². The number of benzene rings is 1. The summed E-state index contributed by atoms with van der Waals surface area (Å²) in [4.78, 5) is 12.2. The van der Waals surface area contributed by atoms with E-state index in [0.717, 1.165) is 12.8 Å². The van der Waals surface area contributed by atoms with Gasteiger partial charge >= 0.3 is 0 Å². The number of hydrogen-bond donors (Lipinski definition) is 2. The van der Waals surface area contributed by atoms with Gasteiger partial charge in [-0.1, -0.05) is 11.6 Å². The molecular formula is C14H19ClN2O3S. The molecule has 1 saturated heterocycles. The molecule has 3 N–H and O–H groups in total. The Labute approximate surface area is 131 Å². The van der Waals surface area contributed by atoms with Crippen LogP contribution in [0.15, 0.2) is 18.2 Å². The van der Waals surface area contributed by atoms with Gasteiger partial charge in [0.1, 0.15) is 5.25 Å². The molecule has 1 amide bonds. The number of carbonyl (C=O) groups excluding carboxylic acids is 1. The number of rotatable bonds is 4. The number of hydrogen-bond acceptors (Lipinski definition) is 4. The third-order valence-electron chi connectivity index (χ3n) is 3.47. The first-order valence-electron chi connectivity index (χ1n) is 6.82. The van der Waals surface area contributed by atoms with Gasteiger partial charge in [-0.15, -0.1) is 0 Å². The summed E-state index contributed by atoms with van der Waals surface area (Å²) in [7, 11) is -1.23. The van der Waals surface area contributed by atoms with Gasteiger partial charge < -0.3 is 15.8 Å². The van der Waals surface area contributed by atoms with E-state index >= 15 is 0 Å². The highest BCUT2D eigenvalue weighted by atomic mass is 35.5. The van der Waals surface area contributed by atoms with Crippen LogP contribution in [0.25, 0.3) is 0 Å². The molecule has 0 radical (unpaired) electrons. The van der Waals surface area contributed by atoms with Crippen LogP contribution in [0.4, 0.5) is 11.4 Å². The average molecular weight is 331 g/mol. The van der Waals surface area contributed by atoms with Crippen molar-refractivity contribution in [1.82, 2.24) is 0 Å². The second-order valence-corrected chi connectivity index (χ2v) is 7.45. The fourth-order valence-electron chi connectivity index (χ4n) is 2.17. The smallest absolute Gasteiger partial charge is 0.239 e. The lowest BCUT2D eigenvalue weighted by Gasteiger charge is -2.24. The van der Waals surface area contributed by atoms with Crippen molar-refractivity contribution in [2.45, 2.75) is 30.3 Å². The van der Waals surface area contributed by atoms with E-state index in [9.17, 15) is 9.00 Å². The third-order valence-corrected chi connectivity index (χ3v) is 5.82. The number of carbonyl (C=O) groups is 1. The maximum atomic E-state index is 12.4. The molecule has 0 aliphatic carbocycles. The van der Waals surface area contributed by atoms with Gasteiger partial charge in [-0.3, -0.25) is 9.00 Å². The van der Waals surface area contributed by atoms with Crippen LogP contribution in [0.3, 0.4) is 0 Å². The second kappa shape index (κ2) is 7.24. The SMILES string of the molecule is CC(C(=O)Nc1ccc(N)cc1Cl)S(=O)C1CCOCC1. The molecule has 0 spiro atoms. The Hall–Kier alpha value is -1.11. The fraction of sp³-hybridized carbons (Fsp3) is 0.500. The summed E-state index contributed by atoms with van der Waals surface area (Å²) in [5, 5.41) is 2.49. The summed E-state index contributed by atoms with van der Waals surface area (Å²) in [5.74, 6) is -0.300. The van der Waals surface area contributed by atoms with Gasteiger partial charge in [0.2, 0.25) is 5.91 Å². The van der Waals surface area contributed by atoms with Crippen molar-refractivity contribution in [1.29, 1.82) is 0 Å². The zero-order valence-electron chi connectivity index (χ0n) is 11.8. The van der Waals surface area contributed by atoms with E-state index in [1.165, 1.54) is 0 Å². The van der Waals surface area contributed by atoms with E-state index < -0.39 is 16.0 Å². The van der Waals surface area contributed by atoms with Gasteiger partial charge in [-0.05, 0) is 38.0 Å². The number of ether oxygens (including phenoxy) is 1. The van der Waals surface area contributed by atoms with Crippen molar-refractivity contribution in [2.24, 2.45) is 0 Å². The predicted molar refractivity (Wildman–Crippen MR) is 85.9 cm³/mol. The van der Waals surface area contributed by atoms with Crippen LogP contribution in [-0.2, 0) is 20.3 Å². The van der Waals surface area contributed by atoms with Gasteiger partial charge in [0.15, 0.2) is 0 Å². The van der Waals surface area contributed by atoms with Crippen molar-refractivity contribution in [2.75, 3.05) is 24.3 Å². The molecule has 7 heteroatoms. The van der Waals surface area contributed by atoms with Crippen LogP contribution in [-0.4, -0.2) is 33.8 Å².